The molecule has 288 valence electrons. The topological polar surface area (TPSA) is 136 Å². The summed E-state index contributed by atoms with van der Waals surface area (Å²) in [6, 6.07) is 12.0. The van der Waals surface area contributed by atoms with E-state index in [1.807, 2.05) is 63.2 Å². The maximum absolute atomic E-state index is 15.5. The van der Waals surface area contributed by atoms with Crippen LogP contribution in [0.25, 0.3) is 22.3 Å². The number of benzene rings is 2. The molecule has 8 rings (SSSR count). The molecule has 0 radical (unpaired) electrons. The highest BCUT2D eigenvalue weighted by Crippen LogP contribution is 2.59. The highest BCUT2D eigenvalue weighted by Gasteiger charge is 2.56. The summed E-state index contributed by atoms with van der Waals surface area (Å²) in [6.45, 7) is 11.3. The number of fused-ring (bicyclic) bond motifs is 1. The first-order valence-corrected chi connectivity index (χ1v) is 19.6. The third-order valence-electron chi connectivity index (χ3n) is 12.6. The van der Waals surface area contributed by atoms with Gasteiger partial charge in [0.2, 0.25) is 17.8 Å². The minimum absolute atomic E-state index is 0.00411. The standard InChI is InChI=1S/C43H50FN7O4/c1-24(2)26(5)39(52)50-22-42(15-16-42)20-32(50)37-45-30-14-11-28(19-31(30)46-37)8-7-27-9-12-29(13-10-27)35-36(44)49-38(47-35)33-21-43(17-18-43)23-51(33)40(53)34(25(3)4)48-41(54)55-6/h9-14,19,24-26,32-34H,15-18,20-23H2,1-6H3,(H,45,46)(H,47,49)(H,48,54)/t26-,32-,33-,34-/m0/s1. The highest BCUT2D eigenvalue weighted by atomic mass is 19.1. The van der Waals surface area contributed by atoms with Crippen LogP contribution >= 0.6 is 0 Å². The van der Waals surface area contributed by atoms with E-state index in [2.05, 4.69) is 50.9 Å². The van der Waals surface area contributed by atoms with Crippen LogP contribution in [0.15, 0.2) is 42.5 Å². The predicted octanol–water partition coefficient (Wildman–Crippen LogP) is 7.27. The summed E-state index contributed by atoms with van der Waals surface area (Å²) in [5, 5.41) is 2.68. The number of alkyl carbamates (subject to hydrolysis) is 1. The van der Waals surface area contributed by atoms with E-state index in [1.54, 1.807) is 4.90 Å². The SMILES string of the molecule is COC(=O)N[C@H](C(=O)N1CC2(CC2)C[C@H]1c1nc(F)c(-c2ccc(C#Cc3ccc4nc([C@@H]5CC6(CC6)CN5C(=O)[C@@H](C)C(C)C)[nH]c4c3)cc2)[nH]1)C(C)C. The summed E-state index contributed by atoms with van der Waals surface area (Å²) in [5.41, 5.74) is 4.45. The Balaban J connectivity index is 0.977. The normalized spacial score (nSPS) is 21.6. The Morgan fingerprint density at radius 3 is 1.98 bits per heavy atom. The van der Waals surface area contributed by atoms with E-state index >= 15 is 4.39 Å². The summed E-state index contributed by atoms with van der Waals surface area (Å²) in [6.07, 6.45) is 5.30. The minimum Gasteiger partial charge on any atom is -0.453 e. The summed E-state index contributed by atoms with van der Waals surface area (Å²) >= 11 is 0. The number of aromatic amines is 2. The van der Waals surface area contributed by atoms with Crippen LogP contribution in [0.1, 0.15) is 108 Å². The number of carbonyl (C=O) groups is 3. The van der Waals surface area contributed by atoms with E-state index in [-0.39, 0.29) is 52.1 Å². The lowest BCUT2D eigenvalue weighted by Crippen LogP contribution is -2.51. The third kappa shape index (κ3) is 7.09. The van der Waals surface area contributed by atoms with Crippen LogP contribution in [-0.4, -0.2) is 73.9 Å². The maximum Gasteiger partial charge on any atom is 0.407 e. The molecule has 2 aliphatic heterocycles. The number of carbonyl (C=O) groups excluding carboxylic acids is 3. The van der Waals surface area contributed by atoms with Gasteiger partial charge in [-0.3, -0.25) is 9.59 Å². The molecule has 4 aromatic rings. The monoisotopic (exact) mass is 747 g/mol. The van der Waals surface area contributed by atoms with Crippen LogP contribution in [0.2, 0.25) is 0 Å². The molecule has 4 heterocycles. The van der Waals surface area contributed by atoms with Gasteiger partial charge in [0.1, 0.15) is 23.4 Å². The number of hydrogen-bond acceptors (Lipinski definition) is 6. The highest BCUT2D eigenvalue weighted by molar-refractivity contribution is 5.86. The first-order chi connectivity index (χ1) is 26.3. The number of methoxy groups -OCH3 is 1. The number of rotatable bonds is 8. The van der Waals surface area contributed by atoms with Crippen LogP contribution in [0.3, 0.4) is 0 Å². The van der Waals surface area contributed by atoms with Crippen molar-refractivity contribution < 1.29 is 23.5 Å². The number of H-pyrrole nitrogens is 2. The lowest BCUT2D eigenvalue weighted by atomic mass is 9.96. The molecule has 3 N–H and O–H groups in total. The first-order valence-electron chi connectivity index (χ1n) is 19.6. The predicted molar refractivity (Wildman–Crippen MR) is 206 cm³/mol. The fourth-order valence-corrected chi connectivity index (χ4v) is 8.42. The van der Waals surface area contributed by atoms with Crippen LogP contribution in [-0.2, 0) is 14.3 Å². The molecule has 2 spiro atoms. The number of nitrogens with one attached hydrogen (secondary N) is 3. The molecular weight excluding hydrogens is 698 g/mol. The minimum atomic E-state index is -0.774. The van der Waals surface area contributed by atoms with Gasteiger partial charge >= 0.3 is 6.09 Å². The van der Waals surface area contributed by atoms with Crippen molar-refractivity contribution in [2.24, 2.45) is 28.6 Å². The Morgan fingerprint density at radius 2 is 1.40 bits per heavy atom. The Hall–Kier alpha value is -5.18. The molecule has 12 heteroatoms. The lowest BCUT2D eigenvalue weighted by Gasteiger charge is -2.30. The molecule has 4 fully saturated rings. The Bertz CT molecular complexity index is 2200. The van der Waals surface area contributed by atoms with Crippen molar-refractivity contribution in [2.45, 2.75) is 91.3 Å². The first kappa shape index (κ1) is 36.8. The zero-order valence-corrected chi connectivity index (χ0v) is 32.5. The molecule has 4 aliphatic rings. The van der Waals surface area contributed by atoms with E-state index in [4.69, 9.17) is 9.72 Å². The van der Waals surface area contributed by atoms with Crippen LogP contribution in [0, 0.1) is 46.4 Å². The molecule has 2 saturated carbocycles. The number of amides is 3. The van der Waals surface area contributed by atoms with Gasteiger partial charge in [0.25, 0.3) is 0 Å². The number of likely N-dealkylation sites (tertiary alicyclic amines) is 2. The second-order valence-electron chi connectivity index (χ2n) is 17.2. The second-order valence-corrected chi connectivity index (χ2v) is 17.2. The summed E-state index contributed by atoms with van der Waals surface area (Å²) in [4.78, 5) is 59.1. The van der Waals surface area contributed by atoms with Crippen LogP contribution in [0.4, 0.5) is 9.18 Å². The number of nitrogens with zero attached hydrogens (tertiary/aromatic N) is 4. The van der Waals surface area contributed by atoms with E-state index in [0.717, 1.165) is 53.8 Å². The fraction of sp³-hybridized carbons (Fsp3) is 0.512. The quantitative estimate of drug-likeness (QED) is 0.162. The average molecular weight is 748 g/mol. The number of aromatic nitrogens is 4. The van der Waals surface area contributed by atoms with Crippen LogP contribution < -0.4 is 5.32 Å². The smallest absolute Gasteiger partial charge is 0.407 e. The Kier molecular flexibility index (Phi) is 9.25. The molecule has 0 unspecified atom stereocenters. The number of ether oxygens (including phenoxy) is 1. The lowest BCUT2D eigenvalue weighted by molar-refractivity contribution is -0.137. The molecule has 2 aliphatic carbocycles. The number of hydrogen-bond donors (Lipinski definition) is 3. The summed E-state index contributed by atoms with van der Waals surface area (Å²) < 4.78 is 20.3. The van der Waals surface area contributed by atoms with Crippen molar-refractivity contribution in [3.63, 3.8) is 0 Å². The number of halogens is 1. The second kappa shape index (κ2) is 13.8. The van der Waals surface area contributed by atoms with Gasteiger partial charge in [-0.2, -0.15) is 4.39 Å². The van der Waals surface area contributed by atoms with Gasteiger partial charge in [0.05, 0.1) is 30.2 Å². The molecule has 2 aromatic heterocycles. The van der Waals surface area contributed by atoms with Gasteiger partial charge < -0.3 is 29.8 Å². The summed E-state index contributed by atoms with van der Waals surface area (Å²) in [5.74, 6) is 7.14. The van der Waals surface area contributed by atoms with E-state index in [9.17, 15) is 14.4 Å². The van der Waals surface area contributed by atoms with Gasteiger partial charge in [-0.25, -0.2) is 14.8 Å². The Morgan fingerprint density at radius 1 is 0.818 bits per heavy atom. The molecule has 11 nitrogen and oxygen atoms in total. The van der Waals surface area contributed by atoms with Crippen LogP contribution in [0.5, 0.6) is 0 Å². The van der Waals surface area contributed by atoms with Crippen molar-refractivity contribution >= 4 is 28.9 Å². The molecule has 0 bridgehead atoms. The van der Waals surface area contributed by atoms with Gasteiger partial charge in [-0.05, 0) is 91.5 Å². The van der Waals surface area contributed by atoms with Gasteiger partial charge in [-0.15, -0.1) is 0 Å². The van der Waals surface area contributed by atoms with E-state index in [1.165, 1.54) is 20.0 Å². The Labute approximate surface area is 321 Å². The zero-order valence-electron chi connectivity index (χ0n) is 32.5. The zero-order chi connectivity index (χ0) is 38.8. The molecular formula is C43H50FN7O4. The van der Waals surface area contributed by atoms with Crippen molar-refractivity contribution in [1.29, 1.82) is 0 Å². The third-order valence-corrected chi connectivity index (χ3v) is 12.6. The van der Waals surface area contributed by atoms with E-state index in [0.29, 0.717) is 24.4 Å². The van der Waals surface area contributed by atoms with E-state index < -0.39 is 24.1 Å². The molecule has 55 heavy (non-hydrogen) atoms. The molecule has 4 atom stereocenters. The van der Waals surface area contributed by atoms with Crippen molar-refractivity contribution in [1.82, 2.24) is 35.1 Å². The molecule has 2 saturated heterocycles. The average Bonchev–Trinajstić information content (AvgIpc) is 3.84. The largest absolute Gasteiger partial charge is 0.453 e. The van der Waals surface area contributed by atoms with Gasteiger partial charge in [0.15, 0.2) is 0 Å². The maximum atomic E-state index is 15.5. The molecule has 2 aromatic carbocycles. The number of imidazole rings is 2. The van der Waals surface area contributed by atoms with Crippen molar-refractivity contribution in [3.05, 3.63) is 71.2 Å². The van der Waals surface area contributed by atoms with Gasteiger partial charge in [0, 0.05) is 35.7 Å². The fourth-order valence-electron chi connectivity index (χ4n) is 8.42. The van der Waals surface area contributed by atoms with Gasteiger partial charge in [-0.1, -0.05) is 58.6 Å². The molecule has 3 amide bonds. The van der Waals surface area contributed by atoms with Crippen molar-refractivity contribution in [2.75, 3.05) is 20.2 Å². The summed E-state index contributed by atoms with van der Waals surface area (Å²) in [7, 11) is 1.27. The van der Waals surface area contributed by atoms with Crippen molar-refractivity contribution in [3.8, 4) is 23.1 Å².